The second kappa shape index (κ2) is 2.94. The molecule has 2 nitrogen and oxygen atoms in total. The summed E-state index contributed by atoms with van der Waals surface area (Å²) in [6, 6.07) is 4.00. The van der Waals surface area contributed by atoms with Gasteiger partial charge < -0.3 is 9.73 Å². The van der Waals surface area contributed by atoms with Gasteiger partial charge in [-0.2, -0.15) is 0 Å². The Bertz CT molecular complexity index is 234. The van der Waals surface area contributed by atoms with Crippen LogP contribution < -0.4 is 5.32 Å². The van der Waals surface area contributed by atoms with E-state index in [-0.39, 0.29) is 5.54 Å². The minimum Gasteiger partial charge on any atom is -0.469 e. The van der Waals surface area contributed by atoms with Gasteiger partial charge >= 0.3 is 0 Å². The third kappa shape index (κ3) is 1.53. The minimum atomic E-state index is 0.276. The lowest BCUT2D eigenvalue weighted by Gasteiger charge is -2.22. The smallest absolute Gasteiger partial charge is 0.105 e. The number of nitrogens with one attached hydrogen (secondary N) is 1. The molecule has 2 rings (SSSR count). The molecule has 0 aliphatic carbocycles. The molecule has 0 radical (unpaired) electrons. The van der Waals surface area contributed by atoms with Crippen molar-refractivity contribution >= 4 is 0 Å². The van der Waals surface area contributed by atoms with Gasteiger partial charge in [-0.1, -0.05) is 0 Å². The van der Waals surface area contributed by atoms with Crippen LogP contribution in [0.1, 0.15) is 25.5 Å². The summed E-state index contributed by atoms with van der Waals surface area (Å²) in [6.45, 7) is 3.42. The van der Waals surface area contributed by atoms with E-state index < -0.39 is 0 Å². The summed E-state index contributed by atoms with van der Waals surface area (Å²) in [6.07, 6.45) is 5.30. The molecule has 1 N–H and O–H groups in total. The van der Waals surface area contributed by atoms with E-state index >= 15 is 0 Å². The Hall–Kier alpha value is -0.760. The average molecular weight is 165 g/mol. The third-order valence-electron chi connectivity index (χ3n) is 2.60. The Morgan fingerprint density at radius 2 is 2.58 bits per heavy atom. The molecule has 0 aromatic carbocycles. The summed E-state index contributed by atoms with van der Waals surface area (Å²) >= 11 is 0. The lowest BCUT2D eigenvalue weighted by atomic mass is 9.95. The summed E-state index contributed by atoms with van der Waals surface area (Å²) in [7, 11) is 0. The SMILES string of the molecule is CC1(Cc2ccco2)CCCN1. The van der Waals surface area contributed by atoms with Crippen molar-refractivity contribution in [3.05, 3.63) is 24.2 Å². The van der Waals surface area contributed by atoms with Crippen LogP contribution in [0.25, 0.3) is 0 Å². The predicted octanol–water partition coefficient (Wildman–Crippen LogP) is 1.96. The zero-order valence-corrected chi connectivity index (χ0v) is 7.47. The van der Waals surface area contributed by atoms with Crippen molar-refractivity contribution in [1.29, 1.82) is 0 Å². The molecule has 1 fully saturated rings. The van der Waals surface area contributed by atoms with Crippen LogP contribution in [-0.4, -0.2) is 12.1 Å². The molecule has 66 valence electrons. The maximum atomic E-state index is 5.32. The van der Waals surface area contributed by atoms with Gasteiger partial charge in [-0.15, -0.1) is 0 Å². The van der Waals surface area contributed by atoms with Gasteiger partial charge in [0.25, 0.3) is 0 Å². The molecule has 1 atom stereocenters. The fourth-order valence-electron chi connectivity index (χ4n) is 1.91. The second-order valence-electron chi connectivity index (χ2n) is 3.85. The zero-order valence-electron chi connectivity index (χ0n) is 7.47. The molecule has 12 heavy (non-hydrogen) atoms. The molecule has 1 unspecified atom stereocenters. The first kappa shape index (κ1) is 7.87. The number of hydrogen-bond acceptors (Lipinski definition) is 2. The Labute approximate surface area is 73.0 Å². The summed E-state index contributed by atoms with van der Waals surface area (Å²) in [5, 5.41) is 3.51. The zero-order chi connectivity index (χ0) is 8.44. The quantitative estimate of drug-likeness (QED) is 0.724. The van der Waals surface area contributed by atoms with Gasteiger partial charge in [-0.25, -0.2) is 0 Å². The largest absolute Gasteiger partial charge is 0.469 e. The third-order valence-corrected chi connectivity index (χ3v) is 2.60. The fourth-order valence-corrected chi connectivity index (χ4v) is 1.91. The molecule has 0 amide bonds. The van der Waals surface area contributed by atoms with Crippen molar-refractivity contribution in [3.8, 4) is 0 Å². The van der Waals surface area contributed by atoms with Crippen molar-refractivity contribution in [2.75, 3.05) is 6.54 Å². The van der Waals surface area contributed by atoms with Gasteiger partial charge in [0.15, 0.2) is 0 Å². The molecular formula is C10H15NO. The van der Waals surface area contributed by atoms with E-state index in [1.54, 1.807) is 6.26 Å². The van der Waals surface area contributed by atoms with Crippen molar-refractivity contribution < 1.29 is 4.42 Å². The van der Waals surface area contributed by atoms with E-state index in [9.17, 15) is 0 Å². The van der Waals surface area contributed by atoms with Gasteiger partial charge in [-0.05, 0) is 38.4 Å². The minimum absolute atomic E-state index is 0.276. The summed E-state index contributed by atoms with van der Waals surface area (Å²) in [4.78, 5) is 0. The van der Waals surface area contributed by atoms with E-state index in [2.05, 4.69) is 12.2 Å². The van der Waals surface area contributed by atoms with Crippen LogP contribution in [0.15, 0.2) is 22.8 Å². The van der Waals surface area contributed by atoms with Crippen LogP contribution in [0.3, 0.4) is 0 Å². The summed E-state index contributed by atoms with van der Waals surface area (Å²) < 4.78 is 5.32. The van der Waals surface area contributed by atoms with E-state index in [1.165, 1.54) is 12.8 Å². The molecule has 1 aliphatic heterocycles. The molecule has 0 spiro atoms. The van der Waals surface area contributed by atoms with Gasteiger partial charge in [0, 0.05) is 12.0 Å². The first-order valence-corrected chi connectivity index (χ1v) is 4.56. The van der Waals surface area contributed by atoms with E-state index in [0.717, 1.165) is 18.7 Å². The highest BCUT2D eigenvalue weighted by molar-refractivity contribution is 5.05. The average Bonchev–Trinajstić information content (AvgIpc) is 2.62. The topological polar surface area (TPSA) is 25.2 Å². The molecule has 1 saturated heterocycles. The van der Waals surface area contributed by atoms with Gasteiger partial charge in [-0.3, -0.25) is 0 Å². The Morgan fingerprint density at radius 1 is 1.67 bits per heavy atom. The maximum absolute atomic E-state index is 5.32. The van der Waals surface area contributed by atoms with Crippen molar-refractivity contribution in [2.45, 2.75) is 31.7 Å². The highest BCUT2D eigenvalue weighted by Crippen LogP contribution is 2.23. The molecular weight excluding hydrogens is 150 g/mol. The van der Waals surface area contributed by atoms with Crippen LogP contribution >= 0.6 is 0 Å². The van der Waals surface area contributed by atoms with Crippen LogP contribution in [0.4, 0.5) is 0 Å². The van der Waals surface area contributed by atoms with Crippen molar-refractivity contribution in [3.63, 3.8) is 0 Å². The Morgan fingerprint density at radius 3 is 3.17 bits per heavy atom. The molecule has 1 aromatic heterocycles. The van der Waals surface area contributed by atoms with E-state index in [0.29, 0.717) is 0 Å². The predicted molar refractivity (Wildman–Crippen MR) is 48.1 cm³/mol. The van der Waals surface area contributed by atoms with Gasteiger partial charge in [0.1, 0.15) is 5.76 Å². The fraction of sp³-hybridized carbons (Fsp3) is 0.600. The number of rotatable bonds is 2. The first-order valence-electron chi connectivity index (χ1n) is 4.56. The van der Waals surface area contributed by atoms with E-state index in [4.69, 9.17) is 4.42 Å². The first-order chi connectivity index (χ1) is 5.79. The van der Waals surface area contributed by atoms with Crippen molar-refractivity contribution in [1.82, 2.24) is 5.32 Å². The monoisotopic (exact) mass is 165 g/mol. The van der Waals surface area contributed by atoms with Crippen LogP contribution in [0.2, 0.25) is 0 Å². The second-order valence-corrected chi connectivity index (χ2v) is 3.85. The van der Waals surface area contributed by atoms with Crippen LogP contribution in [0.5, 0.6) is 0 Å². The van der Waals surface area contributed by atoms with Crippen LogP contribution in [-0.2, 0) is 6.42 Å². The normalized spacial score (nSPS) is 29.4. The number of hydrogen-bond donors (Lipinski definition) is 1. The Balaban J connectivity index is 2.02. The molecule has 0 bridgehead atoms. The maximum Gasteiger partial charge on any atom is 0.105 e. The highest BCUT2D eigenvalue weighted by Gasteiger charge is 2.28. The summed E-state index contributed by atoms with van der Waals surface area (Å²) in [5.74, 6) is 1.09. The molecule has 1 aromatic rings. The molecule has 2 heteroatoms. The standard InChI is InChI=1S/C10H15NO/c1-10(5-3-6-11-10)8-9-4-2-7-12-9/h2,4,7,11H,3,5-6,8H2,1H3. The molecule has 0 saturated carbocycles. The lowest BCUT2D eigenvalue weighted by Crippen LogP contribution is -2.38. The Kier molecular flexibility index (Phi) is 1.93. The molecule has 2 heterocycles. The summed E-state index contributed by atoms with van der Waals surface area (Å²) in [5.41, 5.74) is 0.276. The van der Waals surface area contributed by atoms with Crippen molar-refractivity contribution in [2.24, 2.45) is 0 Å². The van der Waals surface area contributed by atoms with E-state index in [1.807, 2.05) is 12.1 Å². The lowest BCUT2D eigenvalue weighted by molar-refractivity contribution is 0.370. The highest BCUT2D eigenvalue weighted by atomic mass is 16.3. The number of furan rings is 1. The van der Waals surface area contributed by atoms with Crippen LogP contribution in [0, 0.1) is 0 Å². The van der Waals surface area contributed by atoms with Gasteiger partial charge in [0.05, 0.1) is 6.26 Å². The van der Waals surface area contributed by atoms with Gasteiger partial charge in [0.2, 0.25) is 0 Å². The molecule has 1 aliphatic rings.